The van der Waals surface area contributed by atoms with Gasteiger partial charge in [0.25, 0.3) is 10.2 Å². The molecule has 14 heavy (non-hydrogen) atoms. The fourth-order valence-electron chi connectivity index (χ4n) is 1.07. The van der Waals surface area contributed by atoms with E-state index in [4.69, 9.17) is 5.11 Å². The maximum absolute atomic E-state index is 11.7. The summed E-state index contributed by atoms with van der Waals surface area (Å²) in [6.07, 6.45) is 1.43. The number of nitrogens with zero attached hydrogens (tertiary/aromatic N) is 1. The summed E-state index contributed by atoms with van der Waals surface area (Å²) in [5, 5.41) is 8.99. The molecule has 1 aliphatic rings. The lowest BCUT2D eigenvalue weighted by Crippen LogP contribution is -2.48. The number of hydrogen-bond acceptors (Lipinski definition) is 3. The summed E-state index contributed by atoms with van der Waals surface area (Å²) in [4.78, 5) is 0. The first kappa shape index (κ1) is 11.9. The van der Waals surface area contributed by atoms with E-state index in [-0.39, 0.29) is 12.6 Å². The van der Waals surface area contributed by atoms with Gasteiger partial charge in [-0.05, 0) is 26.7 Å². The van der Waals surface area contributed by atoms with E-state index < -0.39 is 15.7 Å². The van der Waals surface area contributed by atoms with Crippen LogP contribution in [0.5, 0.6) is 0 Å². The summed E-state index contributed by atoms with van der Waals surface area (Å²) >= 11 is 0. The van der Waals surface area contributed by atoms with Gasteiger partial charge < -0.3 is 5.11 Å². The lowest BCUT2D eigenvalue weighted by Gasteiger charge is -2.24. The fraction of sp³-hybridized carbons (Fsp3) is 1.00. The van der Waals surface area contributed by atoms with Crippen LogP contribution in [-0.4, -0.2) is 43.1 Å². The van der Waals surface area contributed by atoms with Crippen molar-refractivity contribution in [3.05, 3.63) is 0 Å². The van der Waals surface area contributed by atoms with E-state index in [1.165, 1.54) is 11.4 Å². The maximum Gasteiger partial charge on any atom is 0.280 e. The van der Waals surface area contributed by atoms with Gasteiger partial charge in [-0.3, -0.25) is 0 Å². The van der Waals surface area contributed by atoms with Crippen molar-refractivity contribution < 1.29 is 13.5 Å². The normalized spacial score (nSPS) is 20.4. The van der Waals surface area contributed by atoms with Gasteiger partial charge in [0.05, 0.1) is 12.1 Å². The van der Waals surface area contributed by atoms with Crippen LogP contribution >= 0.6 is 0 Å². The highest BCUT2D eigenvalue weighted by atomic mass is 32.2. The van der Waals surface area contributed by atoms with Gasteiger partial charge in [-0.2, -0.15) is 17.4 Å². The van der Waals surface area contributed by atoms with Gasteiger partial charge in [-0.25, -0.2) is 0 Å². The Kier molecular flexibility index (Phi) is 3.20. The third-order valence-electron chi connectivity index (χ3n) is 2.61. The van der Waals surface area contributed by atoms with E-state index in [0.29, 0.717) is 12.8 Å². The van der Waals surface area contributed by atoms with Gasteiger partial charge in [0, 0.05) is 13.1 Å². The molecule has 0 atom stereocenters. The van der Waals surface area contributed by atoms with Crippen LogP contribution in [-0.2, 0) is 10.2 Å². The molecular formula is C8H18N2O3S. The van der Waals surface area contributed by atoms with E-state index in [1.807, 2.05) is 0 Å². The van der Waals surface area contributed by atoms with Crippen molar-refractivity contribution in [2.45, 2.75) is 38.3 Å². The zero-order valence-electron chi connectivity index (χ0n) is 8.82. The monoisotopic (exact) mass is 222 g/mol. The van der Waals surface area contributed by atoms with Crippen molar-refractivity contribution in [3.8, 4) is 0 Å². The van der Waals surface area contributed by atoms with E-state index in [1.54, 1.807) is 13.8 Å². The van der Waals surface area contributed by atoms with E-state index in [9.17, 15) is 8.42 Å². The second-order valence-corrected chi connectivity index (χ2v) is 5.89. The summed E-state index contributed by atoms with van der Waals surface area (Å²) in [6.45, 7) is 3.48. The second-order valence-electron chi connectivity index (χ2n) is 4.16. The van der Waals surface area contributed by atoms with E-state index >= 15 is 0 Å². The predicted molar refractivity (Wildman–Crippen MR) is 54.0 cm³/mol. The molecule has 1 aliphatic carbocycles. The van der Waals surface area contributed by atoms with Crippen molar-refractivity contribution in [1.29, 1.82) is 0 Å². The molecule has 0 saturated heterocycles. The number of rotatable bonds is 5. The second kappa shape index (κ2) is 3.77. The lowest BCUT2D eigenvalue weighted by atomic mass is 10.3. The molecule has 0 aromatic rings. The van der Waals surface area contributed by atoms with Gasteiger partial charge in [-0.1, -0.05) is 0 Å². The largest absolute Gasteiger partial charge is 0.394 e. The lowest BCUT2D eigenvalue weighted by molar-refractivity contribution is 0.243. The highest BCUT2D eigenvalue weighted by Gasteiger charge is 2.46. The molecule has 0 unspecified atom stereocenters. The molecular weight excluding hydrogens is 204 g/mol. The Hall–Kier alpha value is -0.170. The van der Waals surface area contributed by atoms with Crippen LogP contribution < -0.4 is 4.72 Å². The van der Waals surface area contributed by atoms with Crippen LogP contribution in [0.3, 0.4) is 0 Å². The number of hydrogen-bond donors (Lipinski definition) is 2. The van der Waals surface area contributed by atoms with Crippen LogP contribution in [0.4, 0.5) is 0 Å². The third kappa shape index (κ3) is 2.44. The molecule has 84 valence electrons. The standard InChI is InChI=1S/C8H18N2O3S/c1-7(2)10(3)14(12,13)9-8(6-11)4-5-8/h7,9,11H,4-6H2,1-3H3. The summed E-state index contributed by atoms with van der Waals surface area (Å²) < 4.78 is 27.2. The summed E-state index contributed by atoms with van der Waals surface area (Å²) in [7, 11) is -1.92. The Morgan fingerprint density at radius 3 is 2.29 bits per heavy atom. The number of aliphatic hydroxyl groups is 1. The minimum absolute atomic E-state index is 0.0815. The summed E-state index contributed by atoms with van der Waals surface area (Å²) in [5.74, 6) is 0. The predicted octanol–water partition coefficient (Wildman–Crippen LogP) is -0.314. The molecule has 1 saturated carbocycles. The minimum atomic E-state index is -3.44. The van der Waals surface area contributed by atoms with Crippen LogP contribution in [0, 0.1) is 0 Å². The fourth-order valence-corrected chi connectivity index (χ4v) is 2.58. The number of nitrogens with one attached hydrogen (secondary N) is 1. The van der Waals surface area contributed by atoms with Gasteiger partial charge in [-0.15, -0.1) is 0 Å². The zero-order chi connectivity index (χ0) is 11.0. The zero-order valence-corrected chi connectivity index (χ0v) is 9.63. The van der Waals surface area contributed by atoms with Crippen molar-refractivity contribution in [2.24, 2.45) is 0 Å². The van der Waals surface area contributed by atoms with Crippen molar-refractivity contribution >= 4 is 10.2 Å². The highest BCUT2D eigenvalue weighted by molar-refractivity contribution is 7.87. The molecule has 2 N–H and O–H groups in total. The smallest absolute Gasteiger partial charge is 0.280 e. The van der Waals surface area contributed by atoms with Gasteiger partial charge in [0.2, 0.25) is 0 Å². The first-order chi connectivity index (χ1) is 6.33. The van der Waals surface area contributed by atoms with Gasteiger partial charge in [0.1, 0.15) is 0 Å². The summed E-state index contributed by atoms with van der Waals surface area (Å²) in [5.41, 5.74) is -0.581. The van der Waals surface area contributed by atoms with Crippen LogP contribution in [0.15, 0.2) is 0 Å². The minimum Gasteiger partial charge on any atom is -0.394 e. The topological polar surface area (TPSA) is 69.6 Å². The van der Waals surface area contributed by atoms with Gasteiger partial charge >= 0.3 is 0 Å². The van der Waals surface area contributed by atoms with Gasteiger partial charge in [0.15, 0.2) is 0 Å². The number of aliphatic hydroxyl groups excluding tert-OH is 1. The Morgan fingerprint density at radius 2 is 2.00 bits per heavy atom. The Bertz CT molecular complexity index is 296. The van der Waals surface area contributed by atoms with Crippen LogP contribution in [0.25, 0.3) is 0 Å². The molecule has 5 nitrogen and oxygen atoms in total. The molecule has 0 spiro atoms. The molecule has 1 rings (SSSR count). The molecule has 0 amide bonds. The average Bonchev–Trinajstić information content (AvgIpc) is 2.83. The van der Waals surface area contributed by atoms with E-state index in [2.05, 4.69) is 4.72 Å². The molecule has 0 radical (unpaired) electrons. The first-order valence-corrected chi connectivity index (χ1v) is 6.15. The Morgan fingerprint density at radius 1 is 1.50 bits per heavy atom. The third-order valence-corrected chi connectivity index (χ3v) is 4.48. The first-order valence-electron chi connectivity index (χ1n) is 4.71. The molecule has 0 heterocycles. The molecule has 0 aromatic heterocycles. The molecule has 0 aromatic carbocycles. The molecule has 6 heteroatoms. The molecule has 1 fully saturated rings. The van der Waals surface area contributed by atoms with Crippen LogP contribution in [0.2, 0.25) is 0 Å². The van der Waals surface area contributed by atoms with Crippen molar-refractivity contribution in [3.63, 3.8) is 0 Å². The Balaban J connectivity index is 2.67. The average molecular weight is 222 g/mol. The Labute approximate surface area is 85.3 Å². The summed E-state index contributed by atoms with van der Waals surface area (Å²) in [6, 6.07) is -0.0815. The SMILES string of the molecule is CC(C)N(C)S(=O)(=O)NC1(CO)CC1. The van der Waals surface area contributed by atoms with Crippen LogP contribution in [0.1, 0.15) is 26.7 Å². The van der Waals surface area contributed by atoms with Crippen molar-refractivity contribution in [1.82, 2.24) is 9.03 Å². The molecule has 0 bridgehead atoms. The van der Waals surface area contributed by atoms with E-state index in [0.717, 1.165) is 0 Å². The maximum atomic E-state index is 11.7. The van der Waals surface area contributed by atoms with Crippen molar-refractivity contribution in [2.75, 3.05) is 13.7 Å². The highest BCUT2D eigenvalue weighted by Crippen LogP contribution is 2.35. The quantitative estimate of drug-likeness (QED) is 0.670. The molecule has 0 aliphatic heterocycles.